The van der Waals surface area contributed by atoms with Crippen LogP contribution in [-0.2, 0) is 9.53 Å². The molecule has 0 aliphatic heterocycles. The van der Waals surface area contributed by atoms with Crippen LogP contribution in [0.2, 0.25) is 0 Å². The molecular weight excluding hydrogens is 565 g/mol. The second kappa shape index (κ2) is 35.0. The Morgan fingerprint density at radius 1 is 0.419 bits per heavy atom. The van der Waals surface area contributed by atoms with Gasteiger partial charge in [-0.1, -0.05) is 213 Å². The van der Waals surface area contributed by atoms with Gasteiger partial charge in [0.15, 0.2) is 0 Å². The van der Waals surface area contributed by atoms with Gasteiger partial charge in [0.2, 0.25) is 0 Å². The molecule has 0 aliphatic carbocycles. The van der Waals surface area contributed by atoms with E-state index in [2.05, 4.69) is 39.1 Å². The summed E-state index contributed by atoms with van der Waals surface area (Å²) < 4.78 is 4.95. The Morgan fingerprint density at radius 3 is 0.977 bits per heavy atom. The molecule has 43 heavy (non-hydrogen) atoms. The first-order valence-electron chi connectivity index (χ1n) is 19.6. The molecule has 0 aromatic rings. The first-order valence-corrected chi connectivity index (χ1v) is 20.5. The van der Waals surface area contributed by atoms with Gasteiger partial charge < -0.3 is 4.74 Å². The van der Waals surface area contributed by atoms with Crippen LogP contribution in [-0.4, -0.2) is 16.7 Å². The number of rotatable bonds is 36. The predicted octanol–water partition coefficient (Wildman–Crippen LogP) is 14.4. The van der Waals surface area contributed by atoms with E-state index < -0.39 is 4.08 Å². The highest BCUT2D eigenvalue weighted by molar-refractivity contribution is 8.00. The topological polar surface area (TPSA) is 26.3 Å². The summed E-state index contributed by atoms with van der Waals surface area (Å²) in [5.41, 5.74) is 0. The van der Waals surface area contributed by atoms with Crippen LogP contribution < -0.4 is 0 Å². The van der Waals surface area contributed by atoms with Gasteiger partial charge in [0.05, 0.1) is 17.1 Å². The molecule has 258 valence electrons. The molecule has 0 saturated carbocycles. The van der Waals surface area contributed by atoms with Gasteiger partial charge in [0.1, 0.15) is 0 Å². The molecule has 0 aromatic carbocycles. The summed E-state index contributed by atoms with van der Waals surface area (Å²) in [5, 5.41) is 0. The zero-order chi connectivity index (χ0) is 31.5. The maximum Gasteiger partial charge on any atom is 0.308 e. The fourth-order valence-corrected chi connectivity index (χ4v) is 6.74. The lowest BCUT2D eigenvalue weighted by Gasteiger charge is -2.21. The lowest BCUT2D eigenvalue weighted by Crippen LogP contribution is -2.21. The molecule has 0 atom stereocenters. The quantitative estimate of drug-likeness (QED) is 0.0308. The molecule has 0 saturated heterocycles. The Labute approximate surface area is 282 Å². The highest BCUT2D eigenvalue weighted by atomic mass is 32.2. The molecule has 0 aromatic heterocycles. The van der Waals surface area contributed by atoms with Crippen molar-refractivity contribution in [1.29, 1.82) is 0 Å². The number of carbonyl (C=O) groups is 1. The molecule has 0 bridgehead atoms. The summed E-state index contributed by atoms with van der Waals surface area (Å²) in [5.74, 6) is -0.137. The van der Waals surface area contributed by atoms with Crippen LogP contribution in [0.1, 0.15) is 232 Å². The molecule has 0 heterocycles. The Hall–Kier alpha value is 0.170. The van der Waals surface area contributed by atoms with Crippen LogP contribution >= 0.6 is 25.3 Å². The second-order valence-corrected chi connectivity index (χ2v) is 15.8. The number of esters is 1. The third kappa shape index (κ3) is 36.5. The van der Waals surface area contributed by atoms with Crippen LogP contribution in [0.25, 0.3) is 0 Å². The Bertz CT molecular complexity index is 551. The highest BCUT2D eigenvalue weighted by Gasteiger charge is 2.24. The number of ether oxygens (including phenoxy) is 1. The molecule has 0 radical (unpaired) electrons. The number of thiol groups is 2. The van der Waals surface area contributed by atoms with E-state index in [4.69, 9.17) is 4.74 Å². The lowest BCUT2D eigenvalue weighted by atomic mass is 10.0. The van der Waals surface area contributed by atoms with Crippen LogP contribution in [0, 0.1) is 0 Å². The first-order chi connectivity index (χ1) is 21.0. The van der Waals surface area contributed by atoms with Crippen LogP contribution in [0.15, 0.2) is 0 Å². The maximum absolute atomic E-state index is 12.3. The molecule has 0 aliphatic rings. The van der Waals surface area contributed by atoms with Gasteiger partial charge in [0.25, 0.3) is 0 Å². The maximum atomic E-state index is 12.3. The zero-order valence-electron chi connectivity index (χ0n) is 29.5. The van der Waals surface area contributed by atoms with E-state index in [9.17, 15) is 4.79 Å². The monoisotopic (exact) mass is 643 g/mol. The van der Waals surface area contributed by atoms with Crippen molar-refractivity contribution in [2.75, 3.05) is 6.61 Å². The summed E-state index contributed by atoms with van der Waals surface area (Å²) in [6, 6.07) is 0. The summed E-state index contributed by atoms with van der Waals surface area (Å²) in [7, 11) is 0. The van der Waals surface area contributed by atoms with Gasteiger partial charge in [-0.2, -0.15) is 25.3 Å². The molecule has 0 amide bonds. The number of hydrogen-bond acceptors (Lipinski definition) is 4. The van der Waals surface area contributed by atoms with Crippen molar-refractivity contribution in [1.82, 2.24) is 0 Å². The van der Waals surface area contributed by atoms with E-state index >= 15 is 0 Å². The smallest absolute Gasteiger partial charge is 0.308 e. The predicted molar refractivity (Wildman–Crippen MR) is 200 cm³/mol. The highest BCUT2D eigenvalue weighted by Crippen LogP contribution is 2.31. The van der Waals surface area contributed by atoms with E-state index in [1.54, 1.807) is 0 Å². The third-order valence-electron chi connectivity index (χ3n) is 9.12. The summed E-state index contributed by atoms with van der Waals surface area (Å²) in [4.78, 5) is 12.3. The van der Waals surface area contributed by atoms with E-state index in [0.717, 1.165) is 25.7 Å². The van der Waals surface area contributed by atoms with Gasteiger partial charge in [-0.3, -0.25) is 4.79 Å². The van der Waals surface area contributed by atoms with Gasteiger partial charge in [-0.05, 0) is 12.8 Å². The normalized spacial score (nSPS) is 11.8. The largest absolute Gasteiger partial charge is 0.466 e. The van der Waals surface area contributed by atoms with Crippen LogP contribution in [0.5, 0.6) is 0 Å². The van der Waals surface area contributed by atoms with E-state index in [1.165, 1.54) is 186 Å². The van der Waals surface area contributed by atoms with Crippen LogP contribution in [0.3, 0.4) is 0 Å². The molecule has 2 nitrogen and oxygen atoms in total. The van der Waals surface area contributed by atoms with Gasteiger partial charge in [-0.15, -0.1) is 0 Å². The summed E-state index contributed by atoms with van der Waals surface area (Å²) in [6.07, 6.45) is 44.8. The van der Waals surface area contributed by atoms with Crippen molar-refractivity contribution < 1.29 is 9.53 Å². The van der Waals surface area contributed by atoms with Gasteiger partial charge >= 0.3 is 5.97 Å². The molecule has 0 fully saturated rings. The average molecular weight is 643 g/mol. The average Bonchev–Trinajstić information content (AvgIpc) is 2.98. The van der Waals surface area contributed by atoms with Crippen molar-refractivity contribution in [2.45, 2.75) is 236 Å². The van der Waals surface area contributed by atoms with E-state index in [0.29, 0.717) is 13.0 Å². The van der Waals surface area contributed by atoms with Crippen molar-refractivity contribution in [3.05, 3.63) is 0 Å². The minimum atomic E-state index is -0.540. The summed E-state index contributed by atoms with van der Waals surface area (Å²) >= 11 is 9.35. The fourth-order valence-electron chi connectivity index (χ4n) is 6.16. The Morgan fingerprint density at radius 2 is 0.674 bits per heavy atom. The molecule has 0 N–H and O–H groups in total. The lowest BCUT2D eigenvalue weighted by molar-refractivity contribution is -0.143. The van der Waals surface area contributed by atoms with E-state index in [-0.39, 0.29) is 5.97 Å². The fraction of sp³-hybridized carbons (Fsp3) is 0.974. The SMILES string of the molecule is CCCCCCCCCCCCCCCCCCOC(=O)CC(S)(S)CCCCCCCCCCCCCCCCCC. The number of hydrogen-bond donors (Lipinski definition) is 2. The molecule has 0 rings (SSSR count). The Balaban J connectivity index is 3.38. The van der Waals surface area contributed by atoms with Gasteiger partial charge in [0, 0.05) is 0 Å². The second-order valence-electron chi connectivity index (χ2n) is 13.7. The zero-order valence-corrected chi connectivity index (χ0v) is 31.2. The number of unbranched alkanes of at least 4 members (excludes halogenated alkanes) is 30. The standard InChI is InChI=1S/C39H78O2S2/c1-3-5-7-9-11-13-15-17-19-21-23-25-27-29-31-33-35-39(42,43)37-38(40)41-36-34-32-30-28-26-24-22-20-18-16-14-12-10-8-6-4-2/h42-43H,3-37H2,1-2H3. The molecular formula is C39H78O2S2. The van der Waals surface area contributed by atoms with Crippen molar-refractivity contribution >= 4 is 31.2 Å². The third-order valence-corrected chi connectivity index (χ3v) is 9.88. The first kappa shape index (κ1) is 43.2. The summed E-state index contributed by atoms with van der Waals surface area (Å²) in [6.45, 7) is 5.13. The van der Waals surface area contributed by atoms with Crippen LogP contribution in [0.4, 0.5) is 0 Å². The minimum absolute atomic E-state index is 0.137. The van der Waals surface area contributed by atoms with Gasteiger partial charge in [-0.25, -0.2) is 0 Å². The Kier molecular flexibility index (Phi) is 35.2. The van der Waals surface area contributed by atoms with Crippen molar-refractivity contribution in [3.63, 3.8) is 0 Å². The molecule has 0 spiro atoms. The van der Waals surface area contributed by atoms with Crippen molar-refractivity contribution in [3.8, 4) is 0 Å². The van der Waals surface area contributed by atoms with Crippen molar-refractivity contribution in [2.24, 2.45) is 0 Å². The minimum Gasteiger partial charge on any atom is -0.466 e. The van der Waals surface area contributed by atoms with E-state index in [1.807, 2.05) is 0 Å². The number of carbonyl (C=O) groups excluding carboxylic acids is 1. The molecule has 0 unspecified atom stereocenters. The molecule has 4 heteroatoms.